The predicted octanol–water partition coefficient (Wildman–Crippen LogP) is 2.91. The van der Waals surface area contributed by atoms with E-state index in [1.165, 1.54) is 10.3 Å². The van der Waals surface area contributed by atoms with Crippen molar-refractivity contribution in [3.8, 4) is 0 Å². The summed E-state index contributed by atoms with van der Waals surface area (Å²) in [4.78, 5) is 4.64. The summed E-state index contributed by atoms with van der Waals surface area (Å²) in [7, 11) is 1.94. The van der Waals surface area contributed by atoms with E-state index in [4.69, 9.17) is 0 Å². The zero-order valence-corrected chi connectivity index (χ0v) is 11.9. The van der Waals surface area contributed by atoms with Crippen LogP contribution in [0.15, 0.2) is 24.5 Å². The molecule has 0 aliphatic rings. The van der Waals surface area contributed by atoms with E-state index >= 15 is 0 Å². The lowest BCUT2D eigenvalue weighted by molar-refractivity contribution is 0.719. The maximum absolute atomic E-state index is 4.64. The van der Waals surface area contributed by atoms with E-state index in [1.807, 2.05) is 11.6 Å². The third-order valence-electron chi connectivity index (χ3n) is 3.09. The first-order valence-corrected chi connectivity index (χ1v) is 6.93. The van der Waals surface area contributed by atoms with Crippen molar-refractivity contribution in [2.75, 3.05) is 5.32 Å². The van der Waals surface area contributed by atoms with Gasteiger partial charge >= 0.3 is 0 Å². The molecule has 0 aliphatic carbocycles. The number of nitrogens with zero attached hydrogens (tertiary/aromatic N) is 4. The van der Waals surface area contributed by atoms with Gasteiger partial charge in [0.1, 0.15) is 6.33 Å². The number of hydrogen-bond acceptors (Lipinski definition) is 5. The van der Waals surface area contributed by atoms with Gasteiger partial charge in [0.15, 0.2) is 11.0 Å². The topological polar surface area (TPSA) is 55.6 Å². The van der Waals surface area contributed by atoms with Crippen molar-refractivity contribution in [3.05, 3.63) is 35.9 Å². The van der Waals surface area contributed by atoms with Crippen LogP contribution in [0.3, 0.4) is 0 Å². The molecule has 98 valence electrons. The van der Waals surface area contributed by atoms with Gasteiger partial charge in [0.05, 0.1) is 16.3 Å². The summed E-state index contributed by atoms with van der Waals surface area (Å²) in [5.41, 5.74) is 2.27. The number of nitrogens with one attached hydrogen (secondary N) is 1. The second-order valence-corrected chi connectivity index (χ2v) is 5.64. The lowest BCUT2D eigenvalue weighted by Gasteiger charge is -2.11. The summed E-state index contributed by atoms with van der Waals surface area (Å²) in [6, 6.07) is 6.32. The number of hydrogen-bond donors (Lipinski definition) is 1. The Hall–Kier alpha value is -1.95. The van der Waals surface area contributed by atoms with E-state index in [0.29, 0.717) is 0 Å². The number of aromatic nitrogens is 4. The third-order valence-corrected chi connectivity index (χ3v) is 4.05. The van der Waals surface area contributed by atoms with Crippen molar-refractivity contribution in [2.24, 2.45) is 7.05 Å². The van der Waals surface area contributed by atoms with Gasteiger partial charge in [-0.3, -0.25) is 0 Å². The molecule has 0 aliphatic heterocycles. The molecule has 0 fully saturated rings. The summed E-state index contributed by atoms with van der Waals surface area (Å²) < 4.78 is 3.11. The zero-order chi connectivity index (χ0) is 13.4. The number of benzene rings is 1. The van der Waals surface area contributed by atoms with Crippen LogP contribution in [-0.4, -0.2) is 19.7 Å². The van der Waals surface area contributed by atoms with Gasteiger partial charge in [-0.25, -0.2) is 4.98 Å². The molecule has 19 heavy (non-hydrogen) atoms. The first-order chi connectivity index (χ1) is 9.15. The van der Waals surface area contributed by atoms with E-state index in [2.05, 4.69) is 52.5 Å². The fraction of sp³-hybridized carbons (Fsp3) is 0.308. The highest BCUT2D eigenvalue weighted by Gasteiger charge is 2.13. The van der Waals surface area contributed by atoms with Gasteiger partial charge in [-0.05, 0) is 25.5 Å². The lowest BCUT2D eigenvalue weighted by atomic mass is 10.2. The van der Waals surface area contributed by atoms with E-state index in [9.17, 15) is 0 Å². The first kappa shape index (κ1) is 12.1. The Kier molecular flexibility index (Phi) is 2.94. The zero-order valence-electron chi connectivity index (χ0n) is 11.1. The van der Waals surface area contributed by atoms with Crippen LogP contribution in [0.4, 0.5) is 5.13 Å². The van der Waals surface area contributed by atoms with Crippen molar-refractivity contribution in [1.82, 2.24) is 19.7 Å². The number of fused-ring (bicyclic) bond motifs is 1. The van der Waals surface area contributed by atoms with E-state index < -0.39 is 0 Å². The Bertz CT molecular complexity index is 715. The molecule has 2 aromatic heterocycles. The third kappa shape index (κ3) is 2.19. The summed E-state index contributed by atoms with van der Waals surface area (Å²) in [5, 5.41) is 12.3. The van der Waals surface area contributed by atoms with Crippen LogP contribution in [0.5, 0.6) is 0 Å². The molecule has 1 N–H and O–H groups in total. The number of thiazole rings is 1. The van der Waals surface area contributed by atoms with Gasteiger partial charge in [0, 0.05) is 7.05 Å². The van der Waals surface area contributed by atoms with Crippen LogP contribution in [0.1, 0.15) is 24.4 Å². The van der Waals surface area contributed by atoms with Gasteiger partial charge < -0.3 is 9.88 Å². The molecule has 0 saturated heterocycles. The Balaban J connectivity index is 1.89. The first-order valence-electron chi connectivity index (χ1n) is 6.12. The van der Waals surface area contributed by atoms with Crippen molar-refractivity contribution in [3.63, 3.8) is 0 Å². The quantitative estimate of drug-likeness (QED) is 0.797. The van der Waals surface area contributed by atoms with Crippen molar-refractivity contribution >= 4 is 26.7 Å². The van der Waals surface area contributed by atoms with Gasteiger partial charge in [0.25, 0.3) is 0 Å². The molecule has 0 amide bonds. The number of rotatable bonds is 3. The fourth-order valence-corrected chi connectivity index (χ4v) is 3.11. The molecule has 2 heterocycles. The molecule has 0 spiro atoms. The minimum atomic E-state index is 0.0772. The SMILES string of the molecule is Cc1cccc2sc(NC(C)c3nncn3C)nc12. The van der Waals surface area contributed by atoms with Crippen LogP contribution in [0.2, 0.25) is 0 Å². The van der Waals surface area contributed by atoms with Crippen LogP contribution in [0.25, 0.3) is 10.2 Å². The summed E-state index contributed by atoms with van der Waals surface area (Å²) in [6.07, 6.45) is 1.70. The Morgan fingerprint density at radius 3 is 2.89 bits per heavy atom. The molecule has 0 bridgehead atoms. The summed E-state index contributed by atoms with van der Waals surface area (Å²) >= 11 is 1.66. The molecule has 1 aromatic carbocycles. The monoisotopic (exact) mass is 273 g/mol. The summed E-state index contributed by atoms with van der Waals surface area (Å²) in [6.45, 7) is 4.14. The minimum Gasteiger partial charge on any atom is -0.352 e. The largest absolute Gasteiger partial charge is 0.352 e. The fourth-order valence-electron chi connectivity index (χ4n) is 2.08. The van der Waals surface area contributed by atoms with Crippen LogP contribution >= 0.6 is 11.3 Å². The van der Waals surface area contributed by atoms with Crippen LogP contribution < -0.4 is 5.32 Å². The van der Waals surface area contributed by atoms with Crippen molar-refractivity contribution in [2.45, 2.75) is 19.9 Å². The highest BCUT2D eigenvalue weighted by molar-refractivity contribution is 7.22. The smallest absolute Gasteiger partial charge is 0.184 e. The molecule has 0 saturated carbocycles. The Labute approximate surface area is 115 Å². The molecule has 5 nitrogen and oxygen atoms in total. The van der Waals surface area contributed by atoms with Crippen LogP contribution in [-0.2, 0) is 7.05 Å². The van der Waals surface area contributed by atoms with E-state index in [1.54, 1.807) is 17.7 Å². The average Bonchev–Trinajstić information content (AvgIpc) is 2.95. The molecule has 6 heteroatoms. The molecular formula is C13H15N5S. The predicted molar refractivity (Wildman–Crippen MR) is 77.4 cm³/mol. The highest BCUT2D eigenvalue weighted by Crippen LogP contribution is 2.29. The van der Waals surface area contributed by atoms with Gasteiger partial charge in [-0.2, -0.15) is 0 Å². The van der Waals surface area contributed by atoms with Gasteiger partial charge in [0.2, 0.25) is 0 Å². The Morgan fingerprint density at radius 1 is 1.37 bits per heavy atom. The maximum atomic E-state index is 4.64. The second kappa shape index (κ2) is 4.62. The Morgan fingerprint density at radius 2 is 2.21 bits per heavy atom. The number of anilines is 1. The maximum Gasteiger partial charge on any atom is 0.184 e. The van der Waals surface area contributed by atoms with Crippen molar-refractivity contribution in [1.29, 1.82) is 0 Å². The van der Waals surface area contributed by atoms with E-state index in [-0.39, 0.29) is 6.04 Å². The van der Waals surface area contributed by atoms with Gasteiger partial charge in [-0.1, -0.05) is 23.5 Å². The molecular weight excluding hydrogens is 258 g/mol. The lowest BCUT2D eigenvalue weighted by Crippen LogP contribution is -2.11. The van der Waals surface area contributed by atoms with Crippen molar-refractivity contribution < 1.29 is 0 Å². The number of para-hydroxylation sites is 1. The summed E-state index contributed by atoms with van der Waals surface area (Å²) in [5.74, 6) is 0.899. The molecule has 3 aromatic rings. The molecule has 1 unspecified atom stereocenters. The number of aryl methyl sites for hydroxylation is 2. The second-order valence-electron chi connectivity index (χ2n) is 4.61. The molecule has 0 radical (unpaired) electrons. The van der Waals surface area contributed by atoms with Gasteiger partial charge in [-0.15, -0.1) is 10.2 Å². The normalized spacial score (nSPS) is 12.8. The average molecular weight is 273 g/mol. The highest BCUT2D eigenvalue weighted by atomic mass is 32.1. The molecule has 3 rings (SSSR count). The van der Waals surface area contributed by atoms with E-state index in [0.717, 1.165) is 16.5 Å². The standard InChI is InChI=1S/C13H15N5S/c1-8-5-4-6-10-11(8)16-13(19-10)15-9(2)12-17-14-7-18(12)3/h4-7,9H,1-3H3,(H,15,16). The molecule has 1 atom stereocenters. The minimum absolute atomic E-state index is 0.0772. The van der Waals surface area contributed by atoms with Crippen LogP contribution in [0, 0.1) is 6.92 Å².